The monoisotopic (exact) mass is 384 g/mol. The molecule has 2 aromatic rings. The maximum absolute atomic E-state index is 11.4. The predicted molar refractivity (Wildman–Crippen MR) is 93.8 cm³/mol. The van der Waals surface area contributed by atoms with Gasteiger partial charge in [-0.15, -0.1) is 0 Å². The van der Waals surface area contributed by atoms with Crippen molar-refractivity contribution in [3.8, 4) is 0 Å². The number of aromatic amines is 2. The predicted octanol–water partition coefficient (Wildman–Crippen LogP) is -1.10. The zero-order valence-corrected chi connectivity index (χ0v) is 17.6. The molecule has 1 aromatic carbocycles. The Hall–Kier alpha value is -1.06. The number of nitrogens with one attached hydrogen (secondary N) is 2. The molecule has 9 heteroatoms. The van der Waals surface area contributed by atoms with Gasteiger partial charge in [0.25, 0.3) is 0 Å². The Labute approximate surface area is 178 Å². The maximum Gasteiger partial charge on any atom is 1.00 e. The first-order valence-corrected chi connectivity index (χ1v) is 8.60. The van der Waals surface area contributed by atoms with Crippen molar-refractivity contribution in [1.29, 1.82) is 0 Å². The maximum atomic E-state index is 11.4. The molecule has 0 aliphatic carbocycles. The fraction of sp³-hybridized carbons (Fsp3) is 0.375. The number of carbonyl (C=O) groups excluding carboxylic acids is 1. The van der Waals surface area contributed by atoms with Gasteiger partial charge < -0.3 is 24.8 Å². The molecule has 0 amide bonds. The summed E-state index contributed by atoms with van der Waals surface area (Å²) in [5, 5.41) is 11.4. The molecule has 2 N–H and O–H groups in total. The molecule has 0 spiro atoms. The summed E-state index contributed by atoms with van der Waals surface area (Å²) in [5.74, 6) is -0.337. The fourth-order valence-electron chi connectivity index (χ4n) is 3.05. The quantitative estimate of drug-likeness (QED) is 0.514. The molecular formula is C16H17N4NaO2S2. The first-order valence-electron chi connectivity index (χ1n) is 7.79. The second kappa shape index (κ2) is 9.05. The number of hydrogen-bond acceptors (Lipinski definition) is 6. The molecule has 1 aliphatic heterocycles. The van der Waals surface area contributed by atoms with Crippen LogP contribution in [0.2, 0.25) is 0 Å². The normalized spacial score (nSPS) is 17.0. The second-order valence-electron chi connectivity index (χ2n) is 5.81. The van der Waals surface area contributed by atoms with E-state index in [4.69, 9.17) is 24.4 Å². The van der Waals surface area contributed by atoms with E-state index in [0.29, 0.717) is 28.2 Å². The third-order valence-corrected chi connectivity index (χ3v) is 4.50. The van der Waals surface area contributed by atoms with Crippen molar-refractivity contribution in [3.63, 3.8) is 0 Å². The van der Waals surface area contributed by atoms with E-state index in [-0.39, 0.29) is 29.6 Å². The average Bonchev–Trinajstić information content (AvgIpc) is 2.54. The summed E-state index contributed by atoms with van der Waals surface area (Å²) in [6.45, 7) is 0.722. The van der Waals surface area contributed by atoms with E-state index < -0.39 is 12.0 Å². The van der Waals surface area contributed by atoms with Crippen LogP contribution in [0.5, 0.6) is 0 Å². The molecule has 1 aromatic heterocycles. The molecule has 1 saturated heterocycles. The minimum absolute atomic E-state index is 0. The molecule has 1 fully saturated rings. The minimum atomic E-state index is -1.01. The van der Waals surface area contributed by atoms with Gasteiger partial charge in [-0.25, -0.2) is 4.98 Å². The Balaban J connectivity index is 0.00000225. The van der Waals surface area contributed by atoms with Crippen LogP contribution >= 0.6 is 24.4 Å². The number of aliphatic carboxylic acids is 1. The summed E-state index contributed by atoms with van der Waals surface area (Å²) in [6, 6.07) is 7.24. The molecule has 0 saturated carbocycles. The third-order valence-electron chi connectivity index (χ3n) is 4.10. The van der Waals surface area contributed by atoms with Crippen molar-refractivity contribution in [1.82, 2.24) is 15.0 Å². The molecule has 1 unspecified atom stereocenters. The summed E-state index contributed by atoms with van der Waals surface area (Å²) < 4.78 is 0.784. The van der Waals surface area contributed by atoms with Crippen molar-refractivity contribution in [2.45, 2.75) is 31.7 Å². The number of benzene rings is 1. The Morgan fingerprint density at radius 2 is 2.12 bits per heavy atom. The summed E-state index contributed by atoms with van der Waals surface area (Å²) in [4.78, 5) is 23.3. The van der Waals surface area contributed by atoms with Crippen LogP contribution in [0.4, 0.5) is 5.69 Å². The van der Waals surface area contributed by atoms with Gasteiger partial charge in [0.1, 0.15) is 5.82 Å². The molecule has 0 radical (unpaired) electrons. The van der Waals surface area contributed by atoms with Crippen LogP contribution in [0.25, 0.3) is 0 Å². The van der Waals surface area contributed by atoms with Crippen LogP contribution in [0.15, 0.2) is 24.3 Å². The second-order valence-corrected chi connectivity index (χ2v) is 6.61. The minimum Gasteiger partial charge on any atom is -0.548 e. The van der Waals surface area contributed by atoms with Crippen molar-refractivity contribution in [2.24, 2.45) is 0 Å². The molecule has 3 rings (SSSR count). The van der Waals surface area contributed by atoms with E-state index in [0.717, 1.165) is 30.6 Å². The number of anilines is 1. The molecule has 2 heterocycles. The number of nitrogens with zero attached hydrogens (tertiary/aromatic N) is 2. The largest absolute Gasteiger partial charge is 1.00 e. The van der Waals surface area contributed by atoms with E-state index >= 15 is 0 Å². The molecular weight excluding hydrogens is 367 g/mol. The molecule has 6 nitrogen and oxygen atoms in total. The topological polar surface area (TPSA) is 87.8 Å². The Bertz CT molecular complexity index is 839. The zero-order chi connectivity index (χ0) is 17.1. The van der Waals surface area contributed by atoms with Gasteiger partial charge in [-0.3, -0.25) is 0 Å². The van der Waals surface area contributed by atoms with Crippen LogP contribution in [0.3, 0.4) is 0 Å². The van der Waals surface area contributed by atoms with E-state index in [1.54, 1.807) is 0 Å². The van der Waals surface area contributed by atoms with Crippen molar-refractivity contribution in [3.05, 3.63) is 45.2 Å². The summed E-state index contributed by atoms with van der Waals surface area (Å²) in [6.07, 6.45) is 3.06. The Kier molecular flexibility index (Phi) is 7.33. The van der Waals surface area contributed by atoms with Gasteiger partial charge >= 0.3 is 29.6 Å². The number of carboxylic acids is 1. The number of hydrogen-bond donors (Lipinski definition) is 2. The first-order chi connectivity index (χ1) is 11.5. The van der Waals surface area contributed by atoms with Gasteiger partial charge in [0.05, 0.1) is 12.0 Å². The average molecular weight is 384 g/mol. The fourth-order valence-corrected chi connectivity index (χ4v) is 3.54. The van der Waals surface area contributed by atoms with Gasteiger partial charge in [-0.2, -0.15) is 0 Å². The van der Waals surface area contributed by atoms with Crippen LogP contribution in [-0.2, 0) is 11.2 Å². The number of rotatable bonds is 4. The SMILES string of the molecule is O=C([O-])C1CCCCN1c1cccc(Cc2nc(=S)[nH]c(=S)[nH]2)c1.[Na+]. The van der Waals surface area contributed by atoms with E-state index in [2.05, 4.69) is 15.0 Å². The molecule has 126 valence electrons. The van der Waals surface area contributed by atoms with Gasteiger partial charge in [0.2, 0.25) is 4.77 Å². The summed E-state index contributed by atoms with van der Waals surface area (Å²) >= 11 is 10.1. The van der Waals surface area contributed by atoms with Crippen LogP contribution in [-0.4, -0.2) is 33.5 Å². The molecule has 25 heavy (non-hydrogen) atoms. The van der Waals surface area contributed by atoms with Crippen LogP contribution in [0.1, 0.15) is 30.7 Å². The number of piperidine rings is 1. The molecule has 1 aliphatic rings. The summed E-state index contributed by atoms with van der Waals surface area (Å²) in [5.41, 5.74) is 1.90. The van der Waals surface area contributed by atoms with Gasteiger partial charge in [-0.1, -0.05) is 12.1 Å². The van der Waals surface area contributed by atoms with Crippen molar-refractivity contribution >= 4 is 36.1 Å². The van der Waals surface area contributed by atoms with E-state index in [1.165, 1.54) is 0 Å². The van der Waals surface area contributed by atoms with Crippen LogP contribution in [0, 0.1) is 9.54 Å². The zero-order valence-electron chi connectivity index (χ0n) is 13.9. The number of carbonyl (C=O) groups is 1. The van der Waals surface area contributed by atoms with Crippen LogP contribution < -0.4 is 39.6 Å². The van der Waals surface area contributed by atoms with Crippen molar-refractivity contribution < 1.29 is 39.5 Å². The number of H-pyrrole nitrogens is 2. The van der Waals surface area contributed by atoms with E-state index in [1.807, 2.05) is 29.2 Å². The summed E-state index contributed by atoms with van der Waals surface area (Å²) in [7, 11) is 0. The Morgan fingerprint density at radius 1 is 1.32 bits per heavy atom. The van der Waals surface area contributed by atoms with Gasteiger partial charge in [0, 0.05) is 18.7 Å². The molecule has 1 atom stereocenters. The third kappa shape index (κ3) is 5.21. The smallest absolute Gasteiger partial charge is 0.548 e. The first kappa shape index (κ1) is 20.3. The standard InChI is InChI=1S/C16H18N4O2S2.Na/c21-14(22)12-6-1-2-7-20(12)11-5-3-4-10(8-11)9-13-17-15(23)19-16(24)18-13;/h3-5,8,12H,1-2,6-7,9H2,(H,21,22)(H2,17,18,19,23,24);/q;+1/p-1. The van der Waals surface area contributed by atoms with Crippen molar-refractivity contribution in [2.75, 3.05) is 11.4 Å². The van der Waals surface area contributed by atoms with Gasteiger partial charge in [0.15, 0.2) is 4.77 Å². The Morgan fingerprint density at radius 3 is 2.84 bits per heavy atom. The number of carboxylic acid groups (broad SMARTS) is 1. The molecule has 0 bridgehead atoms. The van der Waals surface area contributed by atoms with E-state index in [9.17, 15) is 9.90 Å². The number of aromatic nitrogens is 3. The van der Waals surface area contributed by atoms with Gasteiger partial charge in [-0.05, 0) is 61.4 Å².